The third-order valence-electron chi connectivity index (χ3n) is 9.67. The molecule has 2 saturated heterocycles. The number of benzene rings is 1. The SMILES string of the molecule is COCC(F)(F)COc1nn(C2CCC(N3[C@@H]4CC[C@H]3COC4)CC2)cc1Nc1ncc(-c2ccc(C#N)c(O[C@@H](C)CN(C=N)NN)c2)cn1. The maximum absolute atomic E-state index is 14.4. The van der Waals surface area contributed by atoms with Crippen LogP contribution < -0.4 is 26.2 Å². The maximum Gasteiger partial charge on any atom is 0.304 e. The van der Waals surface area contributed by atoms with E-state index in [2.05, 4.69) is 41.6 Å². The summed E-state index contributed by atoms with van der Waals surface area (Å²) in [7, 11) is 1.22. The lowest BCUT2D eigenvalue weighted by molar-refractivity contribution is -0.0917. The highest BCUT2D eigenvalue weighted by Gasteiger charge is 2.42. The van der Waals surface area contributed by atoms with Crippen molar-refractivity contribution in [2.75, 3.05) is 45.4 Å². The Hall–Kier alpha value is -4.47. The summed E-state index contributed by atoms with van der Waals surface area (Å²) < 4.78 is 52.6. The quantitative estimate of drug-likeness (QED) is 0.0725. The molecule has 2 bridgehead atoms. The lowest BCUT2D eigenvalue weighted by Gasteiger charge is -2.43. The molecule has 4 heterocycles. The Bertz CT molecular complexity index is 1650. The molecule has 0 amide bonds. The van der Waals surface area contributed by atoms with Gasteiger partial charge in [-0.25, -0.2) is 18.7 Å². The van der Waals surface area contributed by atoms with Gasteiger partial charge in [-0.05, 0) is 63.1 Å². The molecule has 0 radical (unpaired) electrons. The molecule has 5 N–H and O–H groups in total. The van der Waals surface area contributed by atoms with Gasteiger partial charge in [0.05, 0.1) is 43.9 Å². The lowest BCUT2D eigenvalue weighted by Crippen LogP contribution is -2.52. The molecule has 2 aromatic heterocycles. The number of rotatable bonds is 16. The predicted octanol–water partition coefficient (Wildman–Crippen LogP) is 4.02. The second-order valence-electron chi connectivity index (χ2n) is 13.3. The summed E-state index contributed by atoms with van der Waals surface area (Å²) in [6, 6.07) is 8.89. The minimum Gasteiger partial charge on any atom is -0.487 e. The van der Waals surface area contributed by atoms with Gasteiger partial charge in [0.1, 0.15) is 30.2 Å². The zero-order valence-corrected chi connectivity index (χ0v) is 28.8. The normalized spacial score (nSPS) is 22.6. The fourth-order valence-electron chi connectivity index (χ4n) is 7.29. The number of hydrogen-bond donors (Lipinski definition) is 4. The van der Waals surface area contributed by atoms with Crippen LogP contribution >= 0.6 is 0 Å². The van der Waals surface area contributed by atoms with Crippen LogP contribution in [0.3, 0.4) is 0 Å². The maximum atomic E-state index is 14.4. The summed E-state index contributed by atoms with van der Waals surface area (Å²) in [5, 5.41) is 26.1. The Kier molecular flexibility index (Phi) is 11.6. The highest BCUT2D eigenvalue weighted by atomic mass is 19.3. The Balaban J connectivity index is 1.16. The molecule has 3 aliphatic rings. The molecular weight excluding hydrogens is 664 g/mol. The van der Waals surface area contributed by atoms with Crippen LogP contribution in [-0.4, -0.2) is 106 Å². The van der Waals surface area contributed by atoms with Crippen LogP contribution in [0.4, 0.5) is 20.4 Å². The molecule has 1 aliphatic carbocycles. The molecule has 3 fully saturated rings. The van der Waals surface area contributed by atoms with Crippen LogP contribution in [-0.2, 0) is 9.47 Å². The van der Waals surface area contributed by atoms with Crippen LogP contribution in [0.2, 0.25) is 0 Å². The number of nitrogens with two attached hydrogens (primary N) is 1. The van der Waals surface area contributed by atoms with E-state index >= 15 is 0 Å². The smallest absolute Gasteiger partial charge is 0.304 e. The summed E-state index contributed by atoms with van der Waals surface area (Å²) in [6.07, 6.45) is 11.9. The number of alkyl halides is 2. The number of halogens is 2. The van der Waals surface area contributed by atoms with Crippen LogP contribution in [0.15, 0.2) is 36.8 Å². The molecule has 3 atom stereocenters. The number of nitriles is 1. The Morgan fingerprint density at radius 3 is 2.43 bits per heavy atom. The molecule has 15 nitrogen and oxygen atoms in total. The van der Waals surface area contributed by atoms with Crippen molar-refractivity contribution in [1.29, 1.82) is 10.7 Å². The largest absolute Gasteiger partial charge is 0.487 e. The number of nitrogens with zero attached hydrogens (tertiary/aromatic N) is 7. The van der Waals surface area contributed by atoms with E-state index in [9.17, 15) is 14.0 Å². The number of ether oxygens (including phenoxy) is 4. The van der Waals surface area contributed by atoms with Crippen LogP contribution in [0, 0.1) is 16.7 Å². The monoisotopic (exact) mass is 709 g/mol. The first kappa shape index (κ1) is 36.3. The first-order chi connectivity index (χ1) is 24.7. The van der Waals surface area contributed by atoms with Crippen molar-refractivity contribution in [3.8, 4) is 28.8 Å². The molecule has 0 unspecified atom stereocenters. The predicted molar refractivity (Wildman–Crippen MR) is 184 cm³/mol. The first-order valence-electron chi connectivity index (χ1n) is 17.2. The van der Waals surface area contributed by atoms with E-state index in [0.29, 0.717) is 46.3 Å². The average Bonchev–Trinajstić information content (AvgIpc) is 3.65. The Morgan fingerprint density at radius 2 is 1.78 bits per heavy atom. The number of hydrogen-bond acceptors (Lipinski definition) is 13. The molecule has 6 rings (SSSR count). The van der Waals surface area contributed by atoms with Gasteiger partial charge in [-0.2, -0.15) is 10.8 Å². The average molecular weight is 710 g/mol. The number of aromatic nitrogens is 4. The van der Waals surface area contributed by atoms with Crippen molar-refractivity contribution in [3.05, 3.63) is 42.4 Å². The van der Waals surface area contributed by atoms with Crippen molar-refractivity contribution >= 4 is 18.0 Å². The highest BCUT2D eigenvalue weighted by Crippen LogP contribution is 2.40. The van der Waals surface area contributed by atoms with Gasteiger partial charge < -0.3 is 24.3 Å². The van der Waals surface area contributed by atoms with Crippen molar-refractivity contribution in [1.82, 2.24) is 35.2 Å². The van der Waals surface area contributed by atoms with Crippen molar-refractivity contribution in [2.24, 2.45) is 5.84 Å². The van der Waals surface area contributed by atoms with Crippen molar-refractivity contribution in [2.45, 2.75) is 81.6 Å². The lowest BCUT2D eigenvalue weighted by atomic mass is 9.89. The molecule has 1 saturated carbocycles. The van der Waals surface area contributed by atoms with E-state index in [1.807, 2.05) is 4.68 Å². The van der Waals surface area contributed by atoms with E-state index in [0.717, 1.165) is 45.2 Å². The second-order valence-corrected chi connectivity index (χ2v) is 13.3. The molecule has 0 spiro atoms. The fourth-order valence-corrected chi connectivity index (χ4v) is 7.29. The van der Waals surface area contributed by atoms with E-state index < -0.39 is 25.2 Å². The zero-order chi connectivity index (χ0) is 36.0. The van der Waals surface area contributed by atoms with Gasteiger partial charge in [0.2, 0.25) is 5.95 Å². The number of methoxy groups -OCH3 is 1. The van der Waals surface area contributed by atoms with Crippen LogP contribution in [0.5, 0.6) is 11.6 Å². The van der Waals surface area contributed by atoms with Crippen LogP contribution in [0.1, 0.15) is 57.1 Å². The third-order valence-corrected chi connectivity index (χ3v) is 9.67. The van der Waals surface area contributed by atoms with Gasteiger partial charge in [-0.3, -0.25) is 25.8 Å². The van der Waals surface area contributed by atoms with Gasteiger partial charge in [0.25, 0.3) is 5.88 Å². The van der Waals surface area contributed by atoms with E-state index in [1.54, 1.807) is 43.7 Å². The molecular formula is C34H45F2N11O4. The molecule has 274 valence electrons. The molecule has 3 aromatic rings. The van der Waals surface area contributed by atoms with E-state index in [4.69, 9.17) is 25.5 Å². The zero-order valence-electron chi connectivity index (χ0n) is 28.8. The topological polar surface area (TPSA) is 185 Å². The highest BCUT2D eigenvalue weighted by molar-refractivity contribution is 5.67. The van der Waals surface area contributed by atoms with E-state index in [1.165, 1.54) is 25.0 Å². The summed E-state index contributed by atoms with van der Waals surface area (Å²) in [5.41, 5.74) is 4.46. The minimum absolute atomic E-state index is 0.0289. The summed E-state index contributed by atoms with van der Waals surface area (Å²) in [5.74, 6) is 2.82. The summed E-state index contributed by atoms with van der Waals surface area (Å²) >= 11 is 0. The summed E-state index contributed by atoms with van der Waals surface area (Å²) in [4.78, 5) is 11.6. The van der Waals surface area contributed by atoms with Gasteiger partial charge in [-0.1, -0.05) is 6.07 Å². The number of nitrogens with one attached hydrogen (secondary N) is 3. The number of morpholine rings is 1. The van der Waals surface area contributed by atoms with Gasteiger partial charge in [-0.15, -0.1) is 5.10 Å². The van der Waals surface area contributed by atoms with Gasteiger partial charge >= 0.3 is 5.92 Å². The number of anilines is 2. The van der Waals surface area contributed by atoms with E-state index in [-0.39, 0.29) is 24.4 Å². The molecule has 2 aliphatic heterocycles. The second kappa shape index (κ2) is 16.3. The first-order valence-corrected chi connectivity index (χ1v) is 17.2. The molecule has 51 heavy (non-hydrogen) atoms. The fraction of sp³-hybridized carbons (Fsp3) is 0.559. The van der Waals surface area contributed by atoms with Gasteiger partial charge in [0, 0.05) is 43.2 Å². The molecule has 1 aromatic carbocycles. The third kappa shape index (κ3) is 8.71. The summed E-state index contributed by atoms with van der Waals surface area (Å²) in [6.45, 7) is 2.00. The Morgan fingerprint density at radius 1 is 1.10 bits per heavy atom. The van der Waals surface area contributed by atoms with Crippen LogP contribution in [0.25, 0.3) is 11.1 Å². The Labute approximate surface area is 295 Å². The molecule has 17 heteroatoms. The minimum atomic E-state index is -3.20. The number of hydrazine groups is 2. The van der Waals surface area contributed by atoms with Gasteiger partial charge in [0.15, 0.2) is 6.61 Å². The van der Waals surface area contributed by atoms with Crippen molar-refractivity contribution in [3.63, 3.8) is 0 Å². The number of fused-ring (bicyclic) bond motifs is 2. The standard InChI is InChI=1S/C34H45F2N11O4/c1-22(15-45(21-38)44-39)51-31-11-23(3-4-24(31)12-37)25-13-40-33(41-14-25)42-30-16-46(43-32(30)50-20-34(35,36)19-48-2)26-5-7-27(8-6-26)47-28-9-10-29(47)18-49-17-28/h3-4,11,13-14,16,21-22,26-29,38,44H,5-10,15,17-20,39H2,1-2H3,(H,40,41,42)/t22-,26?,27?,28-,29+/m0/s1. The van der Waals surface area contributed by atoms with Crippen molar-refractivity contribution < 1.29 is 27.7 Å².